The number of ketones is 1. The molecule has 0 radical (unpaired) electrons. The van der Waals surface area contributed by atoms with Crippen molar-refractivity contribution in [3.8, 4) is 0 Å². The maximum Gasteiger partial charge on any atom is 0.166 e. The third kappa shape index (κ3) is 2.62. The second-order valence-corrected chi connectivity index (χ2v) is 4.60. The van der Waals surface area contributed by atoms with Gasteiger partial charge in [-0.15, -0.1) is 0 Å². The van der Waals surface area contributed by atoms with Crippen LogP contribution in [0.5, 0.6) is 0 Å². The summed E-state index contributed by atoms with van der Waals surface area (Å²) in [5, 5.41) is 10.7. The molecule has 0 saturated heterocycles. The van der Waals surface area contributed by atoms with Crippen molar-refractivity contribution in [3.05, 3.63) is 11.8 Å². The Bertz CT molecular complexity index is 328. The first-order valence-corrected chi connectivity index (χ1v) is 5.54. The van der Waals surface area contributed by atoms with Crippen LogP contribution in [0.4, 0.5) is 0 Å². The van der Waals surface area contributed by atoms with Crippen molar-refractivity contribution in [1.29, 1.82) is 0 Å². The molecule has 0 saturated carbocycles. The molecule has 1 rings (SSSR count). The van der Waals surface area contributed by atoms with Gasteiger partial charge in [0.05, 0.1) is 5.92 Å². The van der Waals surface area contributed by atoms with E-state index in [0.29, 0.717) is 0 Å². The number of unbranched alkanes of at least 4 members (excludes halogenated alkanes) is 1. The monoisotopic (exact) mass is 225 g/mol. The van der Waals surface area contributed by atoms with Crippen LogP contribution in [0, 0.1) is 5.92 Å². The predicted octanol–water partition coefficient (Wildman–Crippen LogP) is 0.804. The lowest BCUT2D eigenvalue weighted by atomic mass is 9.81. The minimum Gasteiger partial charge on any atom is -0.542 e. The molecule has 90 valence electrons. The smallest absolute Gasteiger partial charge is 0.166 e. The van der Waals surface area contributed by atoms with Crippen molar-refractivity contribution in [2.75, 3.05) is 0 Å². The van der Waals surface area contributed by atoms with Gasteiger partial charge in [0.25, 0.3) is 0 Å². The number of allylic oxidation sites excluding steroid dienone is 1. The summed E-state index contributed by atoms with van der Waals surface area (Å²) in [6.45, 7) is 5.52. The Balaban J connectivity index is 2.89. The topological polar surface area (TPSA) is 66.4 Å². The fourth-order valence-corrected chi connectivity index (χ4v) is 1.96. The lowest BCUT2D eigenvalue weighted by molar-refractivity contribution is -0.305. The van der Waals surface area contributed by atoms with Crippen LogP contribution in [0.1, 0.15) is 40.0 Å². The number of rotatable bonds is 4. The Hall–Kier alpha value is -1.32. The fourth-order valence-electron chi connectivity index (χ4n) is 1.96. The van der Waals surface area contributed by atoms with Crippen molar-refractivity contribution in [3.63, 3.8) is 0 Å². The molecule has 0 bridgehead atoms. The van der Waals surface area contributed by atoms with E-state index in [4.69, 9.17) is 4.74 Å². The molecule has 0 amide bonds. The van der Waals surface area contributed by atoms with Crippen LogP contribution in [0.2, 0.25) is 0 Å². The van der Waals surface area contributed by atoms with Crippen molar-refractivity contribution < 1.29 is 19.4 Å². The predicted molar refractivity (Wildman–Crippen MR) is 56.3 cm³/mol. The van der Waals surface area contributed by atoms with Crippen LogP contribution in [0.15, 0.2) is 11.8 Å². The minimum absolute atomic E-state index is 0.177. The van der Waals surface area contributed by atoms with E-state index in [1.807, 2.05) is 6.92 Å². The lowest BCUT2D eigenvalue weighted by Crippen LogP contribution is -2.45. The number of aliphatic carboxylic acids is 1. The summed E-state index contributed by atoms with van der Waals surface area (Å²) >= 11 is 0. The molecule has 0 fully saturated rings. The molecule has 0 aromatic carbocycles. The van der Waals surface area contributed by atoms with Crippen LogP contribution in [-0.2, 0) is 14.3 Å². The van der Waals surface area contributed by atoms with E-state index < -0.39 is 11.6 Å². The summed E-state index contributed by atoms with van der Waals surface area (Å²) in [5.41, 5.74) is -0.767. The molecule has 0 spiro atoms. The molecule has 4 heteroatoms. The maximum absolute atomic E-state index is 11.8. The number of carboxylic acids is 1. The highest BCUT2D eigenvalue weighted by atomic mass is 16.5. The average molecular weight is 225 g/mol. The molecule has 0 aliphatic carbocycles. The first-order chi connectivity index (χ1) is 7.38. The quantitative estimate of drug-likeness (QED) is 0.710. The summed E-state index contributed by atoms with van der Waals surface area (Å²) in [6, 6.07) is 0. The zero-order chi connectivity index (χ0) is 12.3. The Labute approximate surface area is 95.3 Å². The zero-order valence-corrected chi connectivity index (χ0v) is 9.91. The highest BCUT2D eigenvalue weighted by Gasteiger charge is 2.39. The third-order valence-electron chi connectivity index (χ3n) is 2.88. The summed E-state index contributed by atoms with van der Waals surface area (Å²) in [5.74, 6) is -2.24. The molecular formula is C12H17O4-. The minimum atomic E-state index is -1.43. The van der Waals surface area contributed by atoms with Gasteiger partial charge in [0.1, 0.15) is 17.3 Å². The van der Waals surface area contributed by atoms with Crippen molar-refractivity contribution in [1.82, 2.24) is 0 Å². The fraction of sp³-hybridized carbons (Fsp3) is 0.667. The van der Waals surface area contributed by atoms with Crippen LogP contribution in [-0.4, -0.2) is 17.4 Å². The van der Waals surface area contributed by atoms with E-state index in [9.17, 15) is 14.7 Å². The Kier molecular flexibility index (Phi) is 3.73. The first kappa shape index (κ1) is 12.7. The van der Waals surface area contributed by atoms with Gasteiger partial charge < -0.3 is 14.6 Å². The van der Waals surface area contributed by atoms with E-state index in [-0.39, 0.29) is 17.5 Å². The number of hydrogen-bond acceptors (Lipinski definition) is 4. The third-order valence-corrected chi connectivity index (χ3v) is 2.88. The molecule has 0 N–H and O–H groups in total. The first-order valence-electron chi connectivity index (χ1n) is 5.54. The number of carbonyl (C=O) groups is 2. The molecule has 1 aliphatic rings. The Morgan fingerprint density at radius 3 is 2.62 bits per heavy atom. The number of ether oxygens (including phenoxy) is 1. The van der Waals surface area contributed by atoms with E-state index in [2.05, 4.69) is 0 Å². The van der Waals surface area contributed by atoms with Gasteiger partial charge in [0.15, 0.2) is 5.78 Å². The van der Waals surface area contributed by atoms with Crippen molar-refractivity contribution in [2.24, 2.45) is 5.92 Å². The molecule has 4 nitrogen and oxygen atoms in total. The van der Waals surface area contributed by atoms with Crippen LogP contribution < -0.4 is 5.11 Å². The van der Waals surface area contributed by atoms with Gasteiger partial charge >= 0.3 is 0 Å². The van der Waals surface area contributed by atoms with Crippen molar-refractivity contribution >= 4 is 11.8 Å². The molecule has 16 heavy (non-hydrogen) atoms. The molecule has 0 aromatic rings. The Morgan fingerprint density at radius 1 is 1.56 bits per heavy atom. The SMILES string of the molecule is CCCCC1C(=O)C=C(C(=O)[O-])OC1(C)C. The van der Waals surface area contributed by atoms with Gasteiger partial charge in [0, 0.05) is 6.08 Å². The van der Waals surface area contributed by atoms with E-state index in [0.717, 1.165) is 25.3 Å². The second kappa shape index (κ2) is 4.68. The zero-order valence-electron chi connectivity index (χ0n) is 9.91. The summed E-state index contributed by atoms with van der Waals surface area (Å²) in [4.78, 5) is 22.4. The highest BCUT2D eigenvalue weighted by molar-refractivity contribution is 5.99. The van der Waals surface area contributed by atoms with Gasteiger partial charge in [0.2, 0.25) is 0 Å². The average Bonchev–Trinajstić information content (AvgIpc) is 2.15. The number of hydrogen-bond donors (Lipinski definition) is 0. The van der Waals surface area contributed by atoms with Gasteiger partial charge in [-0.3, -0.25) is 4.79 Å². The molecule has 1 unspecified atom stereocenters. The van der Waals surface area contributed by atoms with Gasteiger partial charge in [-0.2, -0.15) is 0 Å². The normalized spacial score (nSPS) is 23.6. The molecule has 1 atom stereocenters. The molecule has 1 heterocycles. The molecular weight excluding hydrogens is 208 g/mol. The van der Waals surface area contributed by atoms with E-state index in [1.54, 1.807) is 13.8 Å². The summed E-state index contributed by atoms with van der Waals surface area (Å²) < 4.78 is 5.29. The molecule has 1 aliphatic heterocycles. The summed E-state index contributed by atoms with van der Waals surface area (Å²) in [7, 11) is 0. The van der Waals surface area contributed by atoms with E-state index >= 15 is 0 Å². The van der Waals surface area contributed by atoms with Crippen molar-refractivity contribution in [2.45, 2.75) is 45.6 Å². The standard InChI is InChI=1S/C12H18O4/c1-4-5-6-8-9(13)7-10(11(14)15)16-12(8,2)3/h7-8H,4-6H2,1-3H3,(H,14,15)/p-1. The highest BCUT2D eigenvalue weighted by Crippen LogP contribution is 2.33. The van der Waals surface area contributed by atoms with Gasteiger partial charge in [-0.1, -0.05) is 19.8 Å². The maximum atomic E-state index is 11.8. The van der Waals surface area contributed by atoms with Gasteiger partial charge in [-0.05, 0) is 20.3 Å². The largest absolute Gasteiger partial charge is 0.542 e. The molecule has 0 aromatic heterocycles. The summed E-state index contributed by atoms with van der Waals surface area (Å²) in [6.07, 6.45) is 3.69. The lowest BCUT2D eigenvalue weighted by Gasteiger charge is -2.38. The number of carbonyl (C=O) groups excluding carboxylic acids is 2. The van der Waals surface area contributed by atoms with Crippen LogP contribution in [0.25, 0.3) is 0 Å². The number of carboxylic acid groups (broad SMARTS) is 1. The Morgan fingerprint density at radius 2 is 2.19 bits per heavy atom. The van der Waals surface area contributed by atoms with Crippen LogP contribution >= 0.6 is 0 Å². The second-order valence-electron chi connectivity index (χ2n) is 4.60. The van der Waals surface area contributed by atoms with E-state index in [1.165, 1.54) is 0 Å². The van der Waals surface area contributed by atoms with Gasteiger partial charge in [-0.25, -0.2) is 0 Å². The van der Waals surface area contributed by atoms with Crippen LogP contribution in [0.3, 0.4) is 0 Å².